The van der Waals surface area contributed by atoms with Crippen LogP contribution >= 0.6 is 23.5 Å². The first kappa shape index (κ1) is 37.4. The van der Waals surface area contributed by atoms with Crippen LogP contribution in [0.5, 0.6) is 0 Å². The average Bonchev–Trinajstić information content (AvgIpc) is 2.62. The summed E-state index contributed by atoms with van der Waals surface area (Å²) in [7, 11) is 0. The van der Waals surface area contributed by atoms with E-state index in [1.54, 1.807) is 11.8 Å². The molecule has 1 atom stereocenters. The average molecular weight is 431 g/mol. The number of hydrogen-bond acceptors (Lipinski definition) is 7. The molecule has 1 N–H and O–H groups in total. The summed E-state index contributed by atoms with van der Waals surface area (Å²) in [6.45, 7) is 14.5. The second-order valence-corrected chi connectivity index (χ2v) is 7.15. The molecule has 152 valence electrons. The first-order valence-electron chi connectivity index (χ1n) is 8.66. The van der Waals surface area contributed by atoms with Crippen LogP contribution in [0.15, 0.2) is 0 Å². The van der Waals surface area contributed by atoms with Crippen molar-refractivity contribution in [2.75, 3.05) is 61.8 Å². The predicted molar refractivity (Wildman–Crippen MR) is 111 cm³/mol. The van der Waals surface area contributed by atoms with E-state index in [1.807, 2.05) is 39.5 Å². The number of aliphatic hydroxyl groups excluding tert-OH is 1. The van der Waals surface area contributed by atoms with Crippen LogP contribution in [-0.2, 0) is 20.6 Å². The molecule has 25 heavy (non-hydrogen) atoms. The summed E-state index contributed by atoms with van der Waals surface area (Å²) in [4.78, 5) is 0. The summed E-state index contributed by atoms with van der Waals surface area (Å²) >= 11 is 1.69. The summed E-state index contributed by atoms with van der Waals surface area (Å²) in [6.07, 6.45) is 0. The van der Waals surface area contributed by atoms with Crippen LogP contribution in [0.1, 0.15) is 41.5 Å². The Labute approximate surface area is 189 Å². The maximum absolute atomic E-state index is 10.0. The van der Waals surface area contributed by atoms with Crippen molar-refractivity contribution in [2.24, 2.45) is 0 Å². The Hall–Kier alpha value is 1.69. The molecule has 1 unspecified atom stereocenters. The number of thioether (sulfide) groups is 2. The quantitative estimate of drug-likeness (QED) is 0.258. The second-order valence-electron chi connectivity index (χ2n) is 3.35. The van der Waals surface area contributed by atoms with Gasteiger partial charge in [-0.25, -0.2) is 0 Å². The van der Waals surface area contributed by atoms with Gasteiger partial charge < -0.3 is 19.1 Å². The molecule has 0 aromatic heterocycles. The number of rotatable bonds is 13. The molecular formula is C16H39NaO5S3. The SMILES string of the molecule is CC.CC.CCSCCOCCO.CCSCCOCCS(=O)[O-].[Na+]. The van der Waals surface area contributed by atoms with Crippen LogP contribution in [0.3, 0.4) is 0 Å². The molecular weight excluding hydrogens is 391 g/mol. The zero-order valence-electron chi connectivity index (χ0n) is 17.4. The van der Waals surface area contributed by atoms with Gasteiger partial charge in [0.15, 0.2) is 0 Å². The van der Waals surface area contributed by atoms with Gasteiger partial charge in [0.25, 0.3) is 0 Å². The minimum Gasteiger partial charge on any atom is -0.772 e. The Kier molecular flexibility index (Phi) is 67.1. The molecule has 5 nitrogen and oxygen atoms in total. The Balaban J connectivity index is -0.0000000867. The minimum atomic E-state index is -1.95. The first-order chi connectivity index (χ1) is 11.7. The van der Waals surface area contributed by atoms with Gasteiger partial charge in [0.05, 0.1) is 33.0 Å². The fraction of sp³-hybridized carbons (Fsp3) is 1.00. The van der Waals surface area contributed by atoms with Crippen molar-refractivity contribution in [1.29, 1.82) is 0 Å². The number of hydrogen-bond donors (Lipinski definition) is 1. The Morgan fingerprint density at radius 1 is 0.880 bits per heavy atom. The number of aliphatic hydroxyl groups is 1. The van der Waals surface area contributed by atoms with E-state index in [4.69, 9.17) is 14.6 Å². The first-order valence-corrected chi connectivity index (χ1v) is 12.2. The summed E-state index contributed by atoms with van der Waals surface area (Å²) in [6, 6.07) is 0. The molecule has 0 aromatic rings. The van der Waals surface area contributed by atoms with E-state index in [1.165, 1.54) is 0 Å². The van der Waals surface area contributed by atoms with Crippen LogP contribution in [0.4, 0.5) is 0 Å². The van der Waals surface area contributed by atoms with Gasteiger partial charge in [-0.15, -0.1) is 0 Å². The Morgan fingerprint density at radius 2 is 1.28 bits per heavy atom. The molecule has 0 amide bonds. The third-order valence-corrected chi connectivity index (χ3v) is 4.01. The molecule has 0 saturated heterocycles. The van der Waals surface area contributed by atoms with Gasteiger partial charge in [0.1, 0.15) is 0 Å². The topological polar surface area (TPSA) is 78.8 Å². The second kappa shape index (κ2) is 44.8. The fourth-order valence-electron chi connectivity index (χ4n) is 0.920. The van der Waals surface area contributed by atoms with Crippen LogP contribution < -0.4 is 29.6 Å². The van der Waals surface area contributed by atoms with Crippen molar-refractivity contribution in [1.82, 2.24) is 0 Å². The maximum Gasteiger partial charge on any atom is 1.00 e. The minimum absolute atomic E-state index is 0. The van der Waals surface area contributed by atoms with Gasteiger partial charge in [-0.05, 0) is 11.5 Å². The molecule has 0 aliphatic carbocycles. The molecule has 0 aliphatic rings. The van der Waals surface area contributed by atoms with E-state index >= 15 is 0 Å². The summed E-state index contributed by atoms with van der Waals surface area (Å²) in [5.41, 5.74) is 0. The van der Waals surface area contributed by atoms with Crippen LogP contribution in [0.2, 0.25) is 0 Å². The van der Waals surface area contributed by atoms with E-state index in [0.717, 1.165) is 29.6 Å². The maximum atomic E-state index is 10.0. The van der Waals surface area contributed by atoms with E-state index in [0.29, 0.717) is 19.8 Å². The van der Waals surface area contributed by atoms with Crippen molar-refractivity contribution in [2.45, 2.75) is 41.5 Å². The molecule has 0 aliphatic heterocycles. The van der Waals surface area contributed by atoms with Gasteiger partial charge in [-0.3, -0.25) is 4.21 Å². The van der Waals surface area contributed by atoms with E-state index in [9.17, 15) is 8.76 Å². The monoisotopic (exact) mass is 430 g/mol. The molecule has 0 heterocycles. The fourth-order valence-corrected chi connectivity index (χ4v) is 2.22. The van der Waals surface area contributed by atoms with Crippen LogP contribution in [0, 0.1) is 0 Å². The van der Waals surface area contributed by atoms with Gasteiger partial charge in [0, 0.05) is 17.3 Å². The van der Waals surface area contributed by atoms with Gasteiger partial charge >= 0.3 is 29.6 Å². The Bertz CT molecular complexity index is 199. The van der Waals surface area contributed by atoms with Crippen molar-refractivity contribution in [3.63, 3.8) is 0 Å². The van der Waals surface area contributed by atoms with E-state index < -0.39 is 11.1 Å². The van der Waals surface area contributed by atoms with E-state index in [-0.39, 0.29) is 41.9 Å². The van der Waals surface area contributed by atoms with E-state index in [2.05, 4.69) is 13.8 Å². The predicted octanol–water partition coefficient (Wildman–Crippen LogP) is 0.440. The molecule has 0 aromatic carbocycles. The molecule has 0 spiro atoms. The largest absolute Gasteiger partial charge is 1.00 e. The van der Waals surface area contributed by atoms with Gasteiger partial charge in [-0.2, -0.15) is 23.5 Å². The van der Waals surface area contributed by atoms with Gasteiger partial charge in [0.2, 0.25) is 0 Å². The molecule has 0 rings (SSSR count). The molecule has 9 heteroatoms. The third-order valence-electron chi connectivity index (χ3n) is 1.78. The smallest absolute Gasteiger partial charge is 0.772 e. The van der Waals surface area contributed by atoms with Crippen molar-refractivity contribution < 1.29 is 52.9 Å². The molecule has 0 saturated carbocycles. The van der Waals surface area contributed by atoms with Gasteiger partial charge in [-0.1, -0.05) is 52.6 Å². The summed E-state index contributed by atoms with van der Waals surface area (Å²) in [5, 5.41) is 8.29. The third kappa shape index (κ3) is 58.6. The standard InChI is InChI=1S/C6H14O3S2.C6H14O2S.2C2H6.Na/c1-2-10-5-3-9-4-6-11(7)8;1-2-9-6-5-8-4-3-7;2*1-2;/h2-6H2,1H3,(H,7,8);7H,2-6H2,1H3;2*1-2H3;/q;;;;+1/p-1. The Morgan fingerprint density at radius 3 is 1.60 bits per heavy atom. The normalized spacial score (nSPS) is 9.92. The van der Waals surface area contributed by atoms with Crippen LogP contribution in [0.25, 0.3) is 0 Å². The van der Waals surface area contributed by atoms with Crippen LogP contribution in [-0.4, -0.2) is 75.7 Å². The van der Waals surface area contributed by atoms with Crippen molar-refractivity contribution in [3.8, 4) is 0 Å². The zero-order chi connectivity index (χ0) is 19.5. The molecule has 0 bridgehead atoms. The molecule has 0 radical (unpaired) electrons. The van der Waals surface area contributed by atoms with Crippen molar-refractivity contribution in [3.05, 3.63) is 0 Å². The zero-order valence-corrected chi connectivity index (χ0v) is 21.8. The summed E-state index contributed by atoms with van der Waals surface area (Å²) < 4.78 is 30.1. The number of ether oxygens (including phenoxy) is 2. The molecule has 0 fully saturated rings. The summed E-state index contributed by atoms with van der Waals surface area (Å²) in [5.74, 6) is 4.31. The van der Waals surface area contributed by atoms with Crippen molar-refractivity contribution >= 4 is 34.6 Å².